The van der Waals surface area contributed by atoms with Crippen molar-refractivity contribution in [3.05, 3.63) is 83.4 Å². The van der Waals surface area contributed by atoms with Gasteiger partial charge in [-0.1, -0.05) is 26.0 Å². The first-order chi connectivity index (χ1) is 18.6. The Morgan fingerprint density at radius 1 is 0.897 bits per heavy atom. The van der Waals surface area contributed by atoms with Crippen molar-refractivity contribution in [3.63, 3.8) is 0 Å². The Labute approximate surface area is 229 Å². The van der Waals surface area contributed by atoms with Crippen LogP contribution in [0.3, 0.4) is 0 Å². The van der Waals surface area contributed by atoms with Gasteiger partial charge in [0.25, 0.3) is 11.7 Å². The SMILES string of the molecule is COc1cc(OC)cc(N2C(=O)C(=O)/C(=C(/O)c3ccc(OCC(C)C)cc3)C2c2ccc(N(C)C)cc2)c1. The number of methoxy groups -OCH3 is 2. The number of nitrogens with zero attached hydrogens (tertiary/aromatic N) is 2. The van der Waals surface area contributed by atoms with Gasteiger partial charge in [0.05, 0.1) is 38.1 Å². The average molecular weight is 531 g/mol. The molecule has 1 saturated heterocycles. The van der Waals surface area contributed by atoms with Gasteiger partial charge in [0.2, 0.25) is 0 Å². The standard InChI is InChI=1S/C31H34N2O6/c1-19(2)18-39-24-13-9-21(10-14-24)29(34)27-28(20-7-11-22(12-8-20)32(3)4)33(31(36)30(27)35)23-15-25(37-5)17-26(16-23)38-6/h7-17,19,28,34H,18H2,1-6H3/b29-27+. The lowest BCUT2D eigenvalue weighted by Crippen LogP contribution is -2.29. The first-order valence-electron chi connectivity index (χ1n) is 12.7. The highest BCUT2D eigenvalue weighted by atomic mass is 16.5. The van der Waals surface area contributed by atoms with E-state index in [1.807, 2.05) is 43.3 Å². The van der Waals surface area contributed by atoms with Crippen LogP contribution in [0.2, 0.25) is 0 Å². The van der Waals surface area contributed by atoms with E-state index in [0.717, 1.165) is 5.69 Å². The Morgan fingerprint density at radius 2 is 1.49 bits per heavy atom. The Kier molecular flexibility index (Phi) is 8.14. The monoisotopic (exact) mass is 530 g/mol. The van der Waals surface area contributed by atoms with Crippen molar-refractivity contribution < 1.29 is 28.9 Å². The summed E-state index contributed by atoms with van der Waals surface area (Å²) in [6.07, 6.45) is 0. The molecule has 1 atom stereocenters. The number of amides is 1. The van der Waals surface area contributed by atoms with E-state index in [2.05, 4.69) is 13.8 Å². The third-order valence-electron chi connectivity index (χ3n) is 6.50. The lowest BCUT2D eigenvalue weighted by Gasteiger charge is -2.26. The fourth-order valence-electron chi connectivity index (χ4n) is 4.43. The number of hydrogen-bond acceptors (Lipinski definition) is 7. The molecule has 8 heteroatoms. The van der Waals surface area contributed by atoms with E-state index in [0.29, 0.717) is 46.6 Å². The normalized spacial score (nSPS) is 16.5. The number of carbonyl (C=O) groups excluding carboxylic acids is 2. The van der Waals surface area contributed by atoms with Gasteiger partial charge in [-0.3, -0.25) is 14.5 Å². The topological polar surface area (TPSA) is 88.5 Å². The smallest absolute Gasteiger partial charge is 0.300 e. The molecule has 1 aliphatic rings. The molecule has 0 saturated carbocycles. The van der Waals surface area contributed by atoms with Crippen LogP contribution < -0.4 is 24.0 Å². The molecule has 0 bridgehead atoms. The number of benzene rings is 3. The average Bonchev–Trinajstić information content (AvgIpc) is 3.21. The summed E-state index contributed by atoms with van der Waals surface area (Å²) in [7, 11) is 6.88. The summed E-state index contributed by atoms with van der Waals surface area (Å²) in [6, 6.07) is 18.5. The van der Waals surface area contributed by atoms with Crippen molar-refractivity contribution in [1.29, 1.82) is 0 Å². The summed E-state index contributed by atoms with van der Waals surface area (Å²) in [6.45, 7) is 4.67. The largest absolute Gasteiger partial charge is 0.507 e. The second kappa shape index (κ2) is 11.5. The van der Waals surface area contributed by atoms with Crippen LogP contribution >= 0.6 is 0 Å². The maximum atomic E-state index is 13.5. The van der Waals surface area contributed by atoms with Crippen LogP contribution in [0.15, 0.2) is 72.3 Å². The van der Waals surface area contributed by atoms with E-state index >= 15 is 0 Å². The number of anilines is 2. The van der Waals surface area contributed by atoms with Crippen LogP contribution in [0.5, 0.6) is 17.2 Å². The van der Waals surface area contributed by atoms with E-state index in [9.17, 15) is 14.7 Å². The van der Waals surface area contributed by atoms with Crippen molar-refractivity contribution in [1.82, 2.24) is 0 Å². The quantitative estimate of drug-likeness (QED) is 0.224. The summed E-state index contributed by atoms with van der Waals surface area (Å²) in [4.78, 5) is 30.4. The summed E-state index contributed by atoms with van der Waals surface area (Å²) in [5.74, 6) is 0.141. The highest BCUT2D eigenvalue weighted by Crippen LogP contribution is 2.44. The van der Waals surface area contributed by atoms with Crippen molar-refractivity contribution in [2.45, 2.75) is 19.9 Å². The van der Waals surface area contributed by atoms with Gasteiger partial charge in [-0.25, -0.2) is 0 Å². The second-order valence-corrected chi connectivity index (χ2v) is 9.96. The molecule has 39 heavy (non-hydrogen) atoms. The minimum Gasteiger partial charge on any atom is -0.507 e. The first kappa shape index (κ1) is 27.6. The van der Waals surface area contributed by atoms with Gasteiger partial charge in [-0.05, 0) is 47.9 Å². The van der Waals surface area contributed by atoms with Gasteiger partial charge in [-0.15, -0.1) is 0 Å². The van der Waals surface area contributed by atoms with Gasteiger partial charge in [0.1, 0.15) is 23.0 Å². The summed E-state index contributed by atoms with van der Waals surface area (Å²) in [5.41, 5.74) is 2.43. The van der Waals surface area contributed by atoms with E-state index in [-0.39, 0.29) is 11.3 Å². The number of aliphatic hydroxyl groups is 1. The zero-order chi connectivity index (χ0) is 28.3. The van der Waals surface area contributed by atoms with Crippen molar-refractivity contribution in [2.75, 3.05) is 44.7 Å². The Balaban J connectivity index is 1.86. The summed E-state index contributed by atoms with van der Waals surface area (Å²) >= 11 is 0. The number of hydrogen-bond donors (Lipinski definition) is 1. The predicted molar refractivity (Wildman–Crippen MR) is 152 cm³/mol. The molecular formula is C31H34N2O6. The summed E-state index contributed by atoms with van der Waals surface area (Å²) in [5, 5.41) is 11.4. The molecule has 0 aliphatic carbocycles. The molecule has 1 aliphatic heterocycles. The maximum absolute atomic E-state index is 13.5. The molecule has 1 N–H and O–H groups in total. The molecule has 3 aromatic carbocycles. The van der Waals surface area contributed by atoms with Crippen LogP contribution in [-0.4, -0.2) is 51.7 Å². The lowest BCUT2D eigenvalue weighted by atomic mass is 9.95. The van der Waals surface area contributed by atoms with Crippen molar-refractivity contribution in [2.24, 2.45) is 5.92 Å². The lowest BCUT2D eigenvalue weighted by molar-refractivity contribution is -0.132. The molecule has 204 valence electrons. The van der Waals surface area contributed by atoms with Gasteiger partial charge >= 0.3 is 0 Å². The van der Waals surface area contributed by atoms with Crippen LogP contribution in [0, 0.1) is 5.92 Å². The molecule has 1 heterocycles. The third kappa shape index (κ3) is 5.70. The number of ether oxygens (including phenoxy) is 3. The highest BCUT2D eigenvalue weighted by Gasteiger charge is 2.47. The molecule has 1 amide bonds. The Morgan fingerprint density at radius 3 is 2.00 bits per heavy atom. The van der Waals surface area contributed by atoms with Crippen LogP contribution in [0.4, 0.5) is 11.4 Å². The zero-order valence-electron chi connectivity index (χ0n) is 23.1. The molecule has 0 aromatic heterocycles. The molecule has 1 fully saturated rings. The summed E-state index contributed by atoms with van der Waals surface area (Å²) < 4.78 is 16.6. The number of rotatable bonds is 9. The third-order valence-corrected chi connectivity index (χ3v) is 6.50. The highest BCUT2D eigenvalue weighted by molar-refractivity contribution is 6.51. The number of aliphatic hydroxyl groups excluding tert-OH is 1. The Hall–Kier alpha value is -4.46. The maximum Gasteiger partial charge on any atom is 0.300 e. The van der Waals surface area contributed by atoms with Gasteiger partial charge < -0.3 is 24.2 Å². The van der Waals surface area contributed by atoms with Gasteiger partial charge in [0.15, 0.2) is 0 Å². The minimum atomic E-state index is -0.880. The van der Waals surface area contributed by atoms with E-state index in [1.165, 1.54) is 19.1 Å². The van der Waals surface area contributed by atoms with Crippen LogP contribution in [0.1, 0.15) is 31.0 Å². The van der Waals surface area contributed by atoms with Crippen LogP contribution in [0.25, 0.3) is 5.76 Å². The molecule has 0 spiro atoms. The fraction of sp³-hybridized carbons (Fsp3) is 0.290. The van der Waals surface area contributed by atoms with Crippen molar-refractivity contribution >= 4 is 28.8 Å². The Bertz CT molecular complexity index is 1350. The minimum absolute atomic E-state index is 0.00441. The molecule has 3 aromatic rings. The molecule has 0 radical (unpaired) electrons. The van der Waals surface area contributed by atoms with Gasteiger partial charge in [0, 0.05) is 43.5 Å². The van der Waals surface area contributed by atoms with Gasteiger partial charge in [-0.2, -0.15) is 0 Å². The molecule has 8 nitrogen and oxygen atoms in total. The second-order valence-electron chi connectivity index (χ2n) is 9.96. The fourth-order valence-corrected chi connectivity index (χ4v) is 4.43. The molecule has 1 unspecified atom stereocenters. The van der Waals surface area contributed by atoms with Crippen LogP contribution in [-0.2, 0) is 9.59 Å². The number of Topliss-reactive ketones (excluding diaryl/α,β-unsaturated/α-hetero) is 1. The van der Waals surface area contributed by atoms with E-state index in [4.69, 9.17) is 14.2 Å². The first-order valence-corrected chi connectivity index (χ1v) is 12.7. The predicted octanol–water partition coefficient (Wildman–Crippen LogP) is 5.43. The van der Waals surface area contributed by atoms with E-state index < -0.39 is 17.7 Å². The number of ketones is 1. The molecular weight excluding hydrogens is 496 g/mol. The number of carbonyl (C=O) groups is 2. The van der Waals surface area contributed by atoms with E-state index in [1.54, 1.807) is 42.5 Å². The zero-order valence-corrected chi connectivity index (χ0v) is 23.1. The molecule has 4 rings (SSSR count). The van der Waals surface area contributed by atoms with Crippen molar-refractivity contribution in [3.8, 4) is 17.2 Å².